The van der Waals surface area contributed by atoms with E-state index in [9.17, 15) is 9.59 Å². The Bertz CT molecular complexity index is 953. The van der Waals surface area contributed by atoms with Crippen LogP contribution in [0.1, 0.15) is 45.2 Å². The highest BCUT2D eigenvalue weighted by molar-refractivity contribution is 6.05. The third-order valence-corrected chi connectivity index (χ3v) is 4.65. The Kier molecular flexibility index (Phi) is 7.11. The molecule has 3 rings (SSSR count). The van der Waals surface area contributed by atoms with E-state index in [4.69, 9.17) is 0 Å². The summed E-state index contributed by atoms with van der Waals surface area (Å²) in [5.41, 5.74) is 3.88. The van der Waals surface area contributed by atoms with Crippen molar-refractivity contribution in [3.05, 3.63) is 95.3 Å². The maximum Gasteiger partial charge on any atom is 0.257 e. The highest BCUT2D eigenvalue weighted by atomic mass is 16.2. The monoisotopic (exact) mass is 387 g/mol. The van der Waals surface area contributed by atoms with E-state index in [2.05, 4.69) is 34.7 Å². The summed E-state index contributed by atoms with van der Waals surface area (Å²) in [4.78, 5) is 28.9. The van der Waals surface area contributed by atoms with E-state index in [0.717, 1.165) is 19.3 Å². The van der Waals surface area contributed by atoms with Crippen molar-refractivity contribution in [1.82, 2.24) is 10.3 Å². The minimum Gasteiger partial charge on any atom is -0.352 e. The average molecular weight is 387 g/mol. The van der Waals surface area contributed by atoms with Gasteiger partial charge in [-0.3, -0.25) is 14.6 Å². The van der Waals surface area contributed by atoms with Gasteiger partial charge in [-0.15, -0.1) is 0 Å². The number of rotatable bonds is 8. The maximum atomic E-state index is 12.5. The van der Waals surface area contributed by atoms with Gasteiger partial charge in [-0.1, -0.05) is 49.4 Å². The minimum atomic E-state index is -0.291. The molecule has 0 unspecified atom stereocenters. The number of aryl methyl sites for hydroxylation is 2. The van der Waals surface area contributed by atoms with Crippen LogP contribution < -0.4 is 10.6 Å². The molecule has 0 aliphatic rings. The van der Waals surface area contributed by atoms with E-state index in [-0.39, 0.29) is 11.8 Å². The summed E-state index contributed by atoms with van der Waals surface area (Å²) in [6.07, 6.45) is 5.62. The Balaban J connectivity index is 1.53. The van der Waals surface area contributed by atoms with Gasteiger partial charge in [0.05, 0.1) is 11.1 Å². The van der Waals surface area contributed by atoms with Crippen molar-refractivity contribution in [1.29, 1.82) is 0 Å². The highest BCUT2D eigenvalue weighted by Crippen LogP contribution is 2.12. The van der Waals surface area contributed by atoms with Crippen molar-refractivity contribution in [2.24, 2.45) is 0 Å². The molecule has 1 heterocycles. The lowest BCUT2D eigenvalue weighted by atomic mass is 10.1. The summed E-state index contributed by atoms with van der Waals surface area (Å²) >= 11 is 0. The quantitative estimate of drug-likeness (QED) is 0.568. The first kappa shape index (κ1) is 20.3. The predicted octanol–water partition coefficient (Wildman–Crippen LogP) is 4.26. The zero-order valence-corrected chi connectivity index (χ0v) is 16.5. The normalized spacial score (nSPS) is 10.4. The van der Waals surface area contributed by atoms with Crippen LogP contribution in [-0.4, -0.2) is 23.3 Å². The van der Waals surface area contributed by atoms with Crippen molar-refractivity contribution in [3.63, 3.8) is 0 Å². The van der Waals surface area contributed by atoms with Gasteiger partial charge in [-0.25, -0.2) is 0 Å². The molecule has 0 saturated heterocycles. The van der Waals surface area contributed by atoms with Crippen LogP contribution in [0.15, 0.2) is 73.1 Å². The Morgan fingerprint density at radius 3 is 2.24 bits per heavy atom. The number of hydrogen-bond acceptors (Lipinski definition) is 3. The molecule has 0 radical (unpaired) electrons. The van der Waals surface area contributed by atoms with E-state index >= 15 is 0 Å². The summed E-state index contributed by atoms with van der Waals surface area (Å²) < 4.78 is 0. The van der Waals surface area contributed by atoms with Crippen molar-refractivity contribution in [2.75, 3.05) is 11.9 Å². The molecule has 2 N–H and O–H groups in total. The number of carbonyl (C=O) groups excluding carboxylic acids is 2. The Morgan fingerprint density at radius 2 is 1.55 bits per heavy atom. The van der Waals surface area contributed by atoms with Gasteiger partial charge in [-0.2, -0.15) is 0 Å². The van der Waals surface area contributed by atoms with Crippen molar-refractivity contribution in [2.45, 2.75) is 26.2 Å². The molecule has 148 valence electrons. The van der Waals surface area contributed by atoms with Crippen molar-refractivity contribution in [3.8, 4) is 0 Å². The van der Waals surface area contributed by atoms with Crippen LogP contribution in [0.3, 0.4) is 0 Å². The number of benzene rings is 2. The third kappa shape index (κ3) is 6.01. The zero-order valence-electron chi connectivity index (χ0n) is 16.5. The largest absolute Gasteiger partial charge is 0.352 e. The number of pyridine rings is 1. The van der Waals surface area contributed by atoms with Gasteiger partial charge < -0.3 is 10.6 Å². The molecule has 2 aromatic carbocycles. The van der Waals surface area contributed by atoms with E-state index < -0.39 is 0 Å². The van der Waals surface area contributed by atoms with Crippen LogP contribution >= 0.6 is 0 Å². The van der Waals surface area contributed by atoms with E-state index in [1.807, 2.05) is 42.5 Å². The number of amides is 2. The second-order valence-corrected chi connectivity index (χ2v) is 6.81. The molecule has 0 aliphatic carbocycles. The van der Waals surface area contributed by atoms with Crippen molar-refractivity contribution >= 4 is 17.5 Å². The fourth-order valence-electron chi connectivity index (χ4n) is 2.96. The summed E-state index contributed by atoms with van der Waals surface area (Å²) in [5, 5.41) is 5.72. The SMILES string of the molecule is CCc1ccc(NC(=O)c2cncc(C(=O)NCCCc3ccccc3)c2)cc1. The van der Waals surface area contributed by atoms with Gasteiger partial charge in [0.2, 0.25) is 0 Å². The lowest BCUT2D eigenvalue weighted by Gasteiger charge is -2.08. The maximum absolute atomic E-state index is 12.5. The Morgan fingerprint density at radius 1 is 0.862 bits per heavy atom. The lowest BCUT2D eigenvalue weighted by molar-refractivity contribution is 0.0953. The molecule has 5 heteroatoms. The van der Waals surface area contributed by atoms with E-state index in [0.29, 0.717) is 23.4 Å². The number of nitrogens with zero attached hydrogens (tertiary/aromatic N) is 1. The summed E-state index contributed by atoms with van der Waals surface area (Å²) in [6, 6.07) is 19.4. The summed E-state index contributed by atoms with van der Waals surface area (Å²) in [5.74, 6) is -0.520. The topological polar surface area (TPSA) is 71.1 Å². The minimum absolute atomic E-state index is 0.229. The van der Waals surface area contributed by atoms with Crippen LogP contribution in [0.5, 0.6) is 0 Å². The lowest BCUT2D eigenvalue weighted by Crippen LogP contribution is -2.25. The predicted molar refractivity (Wildman–Crippen MR) is 115 cm³/mol. The number of aromatic nitrogens is 1. The molecule has 2 amide bonds. The van der Waals surface area contributed by atoms with Gasteiger partial charge >= 0.3 is 0 Å². The first-order valence-corrected chi connectivity index (χ1v) is 9.83. The van der Waals surface area contributed by atoms with Crippen LogP contribution in [0.25, 0.3) is 0 Å². The standard InChI is InChI=1S/C24H25N3O2/c1-2-18-10-12-22(13-11-18)27-24(29)21-15-20(16-25-17-21)23(28)26-14-6-9-19-7-4-3-5-8-19/h3-5,7-8,10-13,15-17H,2,6,9,14H2,1H3,(H,26,28)(H,27,29). The molecule has 0 fully saturated rings. The number of anilines is 1. The molecule has 3 aromatic rings. The van der Waals surface area contributed by atoms with E-state index in [1.165, 1.54) is 23.5 Å². The van der Waals surface area contributed by atoms with Crippen LogP contribution in [-0.2, 0) is 12.8 Å². The number of nitrogens with one attached hydrogen (secondary N) is 2. The second-order valence-electron chi connectivity index (χ2n) is 6.81. The van der Waals surface area contributed by atoms with Gasteiger partial charge in [0.25, 0.3) is 11.8 Å². The number of hydrogen-bond donors (Lipinski definition) is 2. The molecule has 0 bridgehead atoms. The fraction of sp³-hybridized carbons (Fsp3) is 0.208. The second kappa shape index (κ2) is 10.2. The molecule has 0 atom stereocenters. The Hall–Kier alpha value is -3.47. The molecule has 1 aromatic heterocycles. The smallest absolute Gasteiger partial charge is 0.257 e. The molecule has 0 aliphatic heterocycles. The van der Waals surface area contributed by atoms with Crippen LogP contribution in [0, 0.1) is 0 Å². The summed E-state index contributed by atoms with van der Waals surface area (Å²) in [6.45, 7) is 2.64. The number of carbonyl (C=O) groups is 2. The molecular formula is C24H25N3O2. The molecular weight excluding hydrogens is 362 g/mol. The zero-order chi connectivity index (χ0) is 20.5. The fourth-order valence-corrected chi connectivity index (χ4v) is 2.96. The van der Waals surface area contributed by atoms with E-state index in [1.54, 1.807) is 6.07 Å². The van der Waals surface area contributed by atoms with Gasteiger partial charge in [0, 0.05) is 24.6 Å². The first-order valence-electron chi connectivity index (χ1n) is 9.83. The molecule has 29 heavy (non-hydrogen) atoms. The molecule has 0 saturated carbocycles. The Labute approximate surface area is 171 Å². The first-order chi connectivity index (χ1) is 14.2. The van der Waals surface area contributed by atoms with Crippen LogP contribution in [0.4, 0.5) is 5.69 Å². The van der Waals surface area contributed by atoms with Gasteiger partial charge in [0.15, 0.2) is 0 Å². The average Bonchev–Trinajstić information content (AvgIpc) is 2.78. The molecule has 5 nitrogen and oxygen atoms in total. The third-order valence-electron chi connectivity index (χ3n) is 4.65. The summed E-state index contributed by atoms with van der Waals surface area (Å²) in [7, 11) is 0. The van der Waals surface area contributed by atoms with Gasteiger partial charge in [0.1, 0.15) is 0 Å². The highest BCUT2D eigenvalue weighted by Gasteiger charge is 2.11. The van der Waals surface area contributed by atoms with Gasteiger partial charge in [-0.05, 0) is 48.6 Å². The van der Waals surface area contributed by atoms with Crippen LogP contribution in [0.2, 0.25) is 0 Å². The molecule has 0 spiro atoms. The van der Waals surface area contributed by atoms with Crippen molar-refractivity contribution < 1.29 is 9.59 Å².